The Bertz CT molecular complexity index is 1130. The van der Waals surface area contributed by atoms with Gasteiger partial charge >= 0.3 is 5.63 Å². The van der Waals surface area contributed by atoms with E-state index in [2.05, 4.69) is 0 Å². The average molecular weight is 450 g/mol. The second kappa shape index (κ2) is 9.11. The predicted molar refractivity (Wildman–Crippen MR) is 117 cm³/mol. The molecule has 2 aromatic heterocycles. The van der Waals surface area contributed by atoms with Crippen molar-refractivity contribution in [3.63, 3.8) is 0 Å². The van der Waals surface area contributed by atoms with Crippen LogP contribution in [0.5, 0.6) is 11.5 Å². The molecule has 0 bridgehead atoms. The number of hydrogen-bond donors (Lipinski definition) is 2. The third kappa shape index (κ3) is 4.61. The molecule has 0 aliphatic rings. The molecule has 0 amide bonds. The van der Waals surface area contributed by atoms with Crippen LogP contribution in [0.15, 0.2) is 38.1 Å². The average Bonchev–Trinajstić information content (AvgIpc) is 3.24. The molecule has 0 saturated carbocycles. The minimum absolute atomic E-state index is 0.0731. The van der Waals surface area contributed by atoms with Gasteiger partial charge in [-0.05, 0) is 39.8 Å². The lowest BCUT2D eigenvalue weighted by Gasteiger charge is -2.29. The molecule has 0 fully saturated rings. The summed E-state index contributed by atoms with van der Waals surface area (Å²) in [6.45, 7) is 6.74. The van der Waals surface area contributed by atoms with Crippen LogP contribution in [-0.2, 0) is 9.47 Å². The molecule has 0 radical (unpaired) electrons. The van der Waals surface area contributed by atoms with Crippen molar-refractivity contribution in [1.82, 2.24) is 0 Å². The Labute approximate surface area is 185 Å². The lowest BCUT2D eigenvalue weighted by molar-refractivity contribution is -0.0915. The molecule has 2 heterocycles. The van der Waals surface area contributed by atoms with Gasteiger partial charge in [0.25, 0.3) is 0 Å². The van der Waals surface area contributed by atoms with E-state index >= 15 is 0 Å². The summed E-state index contributed by atoms with van der Waals surface area (Å²) in [5.74, 6) is 0.525. The Morgan fingerprint density at radius 3 is 1.94 bits per heavy atom. The highest BCUT2D eigenvalue weighted by atomic mass is 16.5. The summed E-state index contributed by atoms with van der Waals surface area (Å²) < 4.78 is 33.5. The fourth-order valence-electron chi connectivity index (χ4n) is 2.96. The van der Waals surface area contributed by atoms with E-state index in [9.17, 15) is 15.0 Å². The summed E-state index contributed by atoms with van der Waals surface area (Å²) in [4.78, 5) is 12.0. The van der Waals surface area contributed by atoms with Gasteiger partial charge in [0.05, 0.1) is 28.2 Å². The fourth-order valence-corrected chi connectivity index (χ4v) is 2.96. The van der Waals surface area contributed by atoms with Crippen molar-refractivity contribution in [2.45, 2.75) is 51.1 Å². The number of aliphatic hydroxyl groups is 2. The van der Waals surface area contributed by atoms with Crippen LogP contribution in [0, 0.1) is 0 Å². The van der Waals surface area contributed by atoms with Crippen LogP contribution in [0.1, 0.15) is 27.7 Å². The van der Waals surface area contributed by atoms with E-state index in [4.69, 9.17) is 27.8 Å². The molecular formula is C23H30O9. The van der Waals surface area contributed by atoms with E-state index in [-0.39, 0.29) is 30.1 Å². The molecule has 1 aromatic carbocycles. The number of methoxy groups -OCH3 is 2. The van der Waals surface area contributed by atoms with Crippen LogP contribution in [0.3, 0.4) is 0 Å². The van der Waals surface area contributed by atoms with E-state index in [0.29, 0.717) is 16.5 Å². The SMILES string of the molecule is COC(C)(C)[C@H](O)COc1c2occc2c(OC[C@H](O)C(C)(C)OC)c2ccc(=O)oc12. The van der Waals surface area contributed by atoms with Crippen LogP contribution < -0.4 is 15.1 Å². The normalized spacial score (nSPS) is 14.6. The zero-order chi connectivity index (χ0) is 23.7. The lowest BCUT2D eigenvalue weighted by atomic mass is 10.0. The molecule has 32 heavy (non-hydrogen) atoms. The Morgan fingerprint density at radius 1 is 0.844 bits per heavy atom. The summed E-state index contributed by atoms with van der Waals surface area (Å²) >= 11 is 0. The number of furan rings is 1. The summed E-state index contributed by atoms with van der Waals surface area (Å²) in [7, 11) is 3.00. The predicted octanol–water partition coefficient (Wildman–Crippen LogP) is 2.87. The van der Waals surface area contributed by atoms with Crippen LogP contribution in [0.25, 0.3) is 21.9 Å². The van der Waals surface area contributed by atoms with E-state index in [1.807, 2.05) is 0 Å². The van der Waals surface area contributed by atoms with Gasteiger partial charge in [-0.2, -0.15) is 0 Å². The number of aliphatic hydroxyl groups excluding tert-OH is 2. The molecule has 3 aromatic rings. The highest BCUT2D eigenvalue weighted by Gasteiger charge is 2.31. The third-order valence-electron chi connectivity index (χ3n) is 5.83. The first-order valence-electron chi connectivity index (χ1n) is 10.2. The van der Waals surface area contributed by atoms with Crippen LogP contribution in [0.2, 0.25) is 0 Å². The minimum atomic E-state index is -0.967. The van der Waals surface area contributed by atoms with Gasteiger partial charge in [0.1, 0.15) is 31.2 Å². The highest BCUT2D eigenvalue weighted by Crippen LogP contribution is 2.43. The zero-order valence-electron chi connectivity index (χ0n) is 19.1. The van der Waals surface area contributed by atoms with Gasteiger partial charge < -0.3 is 38.0 Å². The highest BCUT2D eigenvalue weighted by molar-refractivity contribution is 6.06. The third-order valence-corrected chi connectivity index (χ3v) is 5.83. The van der Waals surface area contributed by atoms with Crippen molar-refractivity contribution in [3.8, 4) is 11.5 Å². The number of benzene rings is 1. The van der Waals surface area contributed by atoms with Crippen LogP contribution >= 0.6 is 0 Å². The number of ether oxygens (including phenoxy) is 4. The topological polar surface area (TPSA) is 121 Å². The number of rotatable bonds is 10. The molecule has 9 heteroatoms. The van der Waals surface area contributed by atoms with Crippen molar-refractivity contribution < 1.29 is 38.0 Å². The van der Waals surface area contributed by atoms with E-state index in [0.717, 1.165) is 0 Å². The molecule has 3 rings (SSSR count). The molecule has 176 valence electrons. The second-order valence-electron chi connectivity index (χ2n) is 8.59. The van der Waals surface area contributed by atoms with Gasteiger partial charge in [-0.15, -0.1) is 0 Å². The number of fused-ring (bicyclic) bond motifs is 2. The van der Waals surface area contributed by atoms with Crippen molar-refractivity contribution in [2.75, 3.05) is 27.4 Å². The van der Waals surface area contributed by atoms with Crippen molar-refractivity contribution >= 4 is 21.9 Å². The standard InChI is InChI=1S/C23H30O9/c1-22(2,27-5)15(24)11-30-18-13-7-8-17(26)32-20(13)21(19-14(18)9-10-29-19)31-12-16(25)23(3,4)28-6/h7-10,15-16,24-25H,11-12H2,1-6H3/t15-,16+/m0/s1. The van der Waals surface area contributed by atoms with E-state index in [1.165, 1.54) is 26.5 Å². The van der Waals surface area contributed by atoms with E-state index < -0.39 is 29.0 Å². The molecule has 0 unspecified atom stereocenters. The molecule has 0 saturated heterocycles. The molecule has 9 nitrogen and oxygen atoms in total. The second-order valence-corrected chi connectivity index (χ2v) is 8.59. The summed E-state index contributed by atoms with van der Waals surface area (Å²) in [6, 6.07) is 4.51. The molecule has 2 N–H and O–H groups in total. The maximum atomic E-state index is 12.0. The lowest BCUT2D eigenvalue weighted by Crippen LogP contribution is -2.42. The Hall–Kier alpha value is -2.59. The maximum Gasteiger partial charge on any atom is 0.336 e. The van der Waals surface area contributed by atoms with Gasteiger partial charge in [0.2, 0.25) is 5.75 Å². The van der Waals surface area contributed by atoms with Gasteiger partial charge in [0, 0.05) is 20.3 Å². The first kappa shape index (κ1) is 24.1. The van der Waals surface area contributed by atoms with Crippen LogP contribution in [0.4, 0.5) is 0 Å². The molecular weight excluding hydrogens is 420 g/mol. The van der Waals surface area contributed by atoms with Gasteiger partial charge in [-0.3, -0.25) is 0 Å². The zero-order valence-corrected chi connectivity index (χ0v) is 19.1. The summed E-state index contributed by atoms with van der Waals surface area (Å²) in [6.07, 6.45) is -0.445. The first-order valence-corrected chi connectivity index (χ1v) is 10.2. The van der Waals surface area contributed by atoms with E-state index in [1.54, 1.807) is 39.8 Å². The Morgan fingerprint density at radius 2 is 1.38 bits per heavy atom. The number of hydrogen-bond acceptors (Lipinski definition) is 9. The monoisotopic (exact) mass is 450 g/mol. The van der Waals surface area contributed by atoms with Crippen molar-refractivity contribution in [1.29, 1.82) is 0 Å². The minimum Gasteiger partial charge on any atom is -0.489 e. The Balaban J connectivity index is 2.05. The van der Waals surface area contributed by atoms with Crippen molar-refractivity contribution in [2.24, 2.45) is 0 Å². The van der Waals surface area contributed by atoms with Crippen molar-refractivity contribution in [3.05, 3.63) is 34.9 Å². The van der Waals surface area contributed by atoms with Gasteiger partial charge in [-0.1, -0.05) is 0 Å². The smallest absolute Gasteiger partial charge is 0.336 e. The van der Waals surface area contributed by atoms with Crippen LogP contribution in [-0.4, -0.2) is 61.1 Å². The largest absolute Gasteiger partial charge is 0.489 e. The van der Waals surface area contributed by atoms with Gasteiger partial charge in [0.15, 0.2) is 11.2 Å². The molecule has 0 aliphatic carbocycles. The molecule has 2 atom stereocenters. The maximum absolute atomic E-state index is 12.0. The quantitative estimate of drug-likeness (QED) is 0.449. The van der Waals surface area contributed by atoms with Gasteiger partial charge in [-0.25, -0.2) is 4.79 Å². The Kier molecular flexibility index (Phi) is 6.85. The molecule has 0 spiro atoms. The molecule has 0 aliphatic heterocycles. The first-order chi connectivity index (χ1) is 15.0. The summed E-state index contributed by atoms with van der Waals surface area (Å²) in [5, 5.41) is 21.9. The fraction of sp³-hybridized carbons (Fsp3) is 0.522. The summed E-state index contributed by atoms with van der Waals surface area (Å²) in [5.41, 5.74) is -1.88.